The van der Waals surface area contributed by atoms with Crippen LogP contribution in [0.4, 0.5) is 5.82 Å². The first-order chi connectivity index (χ1) is 13.1. The number of piperidine rings is 1. The minimum Gasteiger partial charge on any atom is -0.354 e. The van der Waals surface area contributed by atoms with E-state index >= 15 is 0 Å². The molecule has 4 heterocycles. The first-order valence-corrected chi connectivity index (χ1v) is 9.54. The van der Waals surface area contributed by atoms with Crippen LogP contribution >= 0.6 is 0 Å². The average Bonchev–Trinajstić information content (AvgIpc) is 3.26. The lowest BCUT2D eigenvalue weighted by Gasteiger charge is -2.41. The number of rotatable bonds is 2. The molecular formula is C20H23N7. The van der Waals surface area contributed by atoms with Crippen molar-refractivity contribution in [1.29, 1.82) is 0 Å². The second-order valence-electron chi connectivity index (χ2n) is 7.74. The molecule has 0 saturated carbocycles. The normalized spacial score (nSPS) is 21.6. The fourth-order valence-corrected chi connectivity index (χ4v) is 4.58. The van der Waals surface area contributed by atoms with Gasteiger partial charge >= 0.3 is 0 Å². The molecule has 0 N–H and O–H groups in total. The molecule has 27 heavy (non-hydrogen) atoms. The summed E-state index contributed by atoms with van der Waals surface area (Å²) in [4.78, 5) is 15.9. The van der Waals surface area contributed by atoms with Crippen LogP contribution in [0.15, 0.2) is 30.7 Å². The molecule has 1 aliphatic heterocycles. The maximum Gasteiger partial charge on any atom is 0.160 e. The molecule has 0 aromatic carbocycles. The van der Waals surface area contributed by atoms with Crippen molar-refractivity contribution in [2.45, 2.75) is 38.0 Å². The van der Waals surface area contributed by atoms with E-state index in [4.69, 9.17) is 4.98 Å². The second-order valence-corrected chi connectivity index (χ2v) is 7.74. The first kappa shape index (κ1) is 16.4. The van der Waals surface area contributed by atoms with Crippen LogP contribution in [-0.2, 0) is 18.9 Å². The molecule has 1 fully saturated rings. The van der Waals surface area contributed by atoms with Crippen LogP contribution in [0.5, 0.6) is 0 Å². The average molecular weight is 361 g/mol. The van der Waals surface area contributed by atoms with Crippen molar-refractivity contribution in [3.05, 3.63) is 47.8 Å². The van der Waals surface area contributed by atoms with E-state index in [0.717, 1.165) is 55.5 Å². The molecule has 2 aliphatic rings. The number of hydrogen-bond donors (Lipinski definition) is 0. The first-order valence-electron chi connectivity index (χ1n) is 9.54. The van der Waals surface area contributed by atoms with Gasteiger partial charge in [-0.3, -0.25) is 0 Å². The summed E-state index contributed by atoms with van der Waals surface area (Å²) in [5.74, 6) is 2.64. The SMILES string of the molecule is Cc1ncc2c(n1)C1(CCCN(c3ccc(-c4nccn4C)nn3)C1)CC2. The van der Waals surface area contributed by atoms with Gasteiger partial charge in [0.05, 0.1) is 5.69 Å². The molecule has 1 saturated heterocycles. The third-order valence-electron chi connectivity index (χ3n) is 5.96. The van der Waals surface area contributed by atoms with Crippen molar-refractivity contribution in [1.82, 2.24) is 29.7 Å². The predicted octanol–water partition coefficient (Wildman–Crippen LogP) is 2.46. The van der Waals surface area contributed by atoms with Crippen LogP contribution in [0.3, 0.4) is 0 Å². The molecule has 1 unspecified atom stereocenters. The Morgan fingerprint density at radius 1 is 1.11 bits per heavy atom. The molecule has 1 atom stereocenters. The Bertz CT molecular complexity index is 974. The summed E-state index contributed by atoms with van der Waals surface area (Å²) in [7, 11) is 1.97. The van der Waals surface area contributed by atoms with E-state index in [1.165, 1.54) is 17.7 Å². The van der Waals surface area contributed by atoms with E-state index in [2.05, 4.69) is 31.1 Å². The number of aryl methyl sites for hydroxylation is 3. The van der Waals surface area contributed by atoms with E-state index in [1.54, 1.807) is 6.20 Å². The predicted molar refractivity (Wildman–Crippen MR) is 102 cm³/mol. The maximum absolute atomic E-state index is 4.83. The highest BCUT2D eigenvalue weighted by atomic mass is 15.3. The summed E-state index contributed by atoms with van der Waals surface area (Å²) in [5, 5.41) is 8.95. The van der Waals surface area contributed by atoms with E-state index in [-0.39, 0.29) is 5.41 Å². The zero-order valence-electron chi connectivity index (χ0n) is 15.8. The lowest BCUT2D eigenvalue weighted by Crippen LogP contribution is -2.46. The van der Waals surface area contributed by atoms with Crippen molar-refractivity contribution in [3.8, 4) is 11.5 Å². The molecule has 1 spiro atoms. The van der Waals surface area contributed by atoms with Crippen molar-refractivity contribution in [2.75, 3.05) is 18.0 Å². The largest absolute Gasteiger partial charge is 0.354 e. The van der Waals surface area contributed by atoms with Crippen LogP contribution in [0, 0.1) is 6.92 Å². The van der Waals surface area contributed by atoms with Crippen LogP contribution < -0.4 is 4.90 Å². The van der Waals surface area contributed by atoms with Gasteiger partial charge in [-0.2, -0.15) is 0 Å². The van der Waals surface area contributed by atoms with Crippen molar-refractivity contribution < 1.29 is 0 Å². The summed E-state index contributed by atoms with van der Waals surface area (Å²) in [6, 6.07) is 4.08. The fraction of sp³-hybridized carbons (Fsp3) is 0.450. The Kier molecular flexibility index (Phi) is 3.70. The Morgan fingerprint density at radius 3 is 2.81 bits per heavy atom. The van der Waals surface area contributed by atoms with E-state index in [0.29, 0.717) is 0 Å². The molecule has 0 amide bonds. The number of aromatic nitrogens is 6. The molecule has 0 bridgehead atoms. The van der Waals surface area contributed by atoms with Gasteiger partial charge in [-0.1, -0.05) is 0 Å². The minimum atomic E-state index is 0.126. The smallest absolute Gasteiger partial charge is 0.160 e. The highest BCUT2D eigenvalue weighted by molar-refractivity contribution is 5.52. The summed E-state index contributed by atoms with van der Waals surface area (Å²) in [6.45, 7) is 3.94. The number of fused-ring (bicyclic) bond motifs is 2. The van der Waals surface area contributed by atoms with Gasteiger partial charge in [-0.05, 0) is 50.3 Å². The van der Waals surface area contributed by atoms with E-state index < -0.39 is 0 Å². The number of imidazole rings is 1. The number of nitrogens with zero attached hydrogens (tertiary/aromatic N) is 7. The molecule has 3 aromatic heterocycles. The van der Waals surface area contributed by atoms with Crippen LogP contribution in [0.25, 0.3) is 11.5 Å². The van der Waals surface area contributed by atoms with Gasteiger partial charge in [0, 0.05) is 44.1 Å². The van der Waals surface area contributed by atoms with Crippen LogP contribution in [0.1, 0.15) is 36.3 Å². The topological polar surface area (TPSA) is 72.6 Å². The second kappa shape index (κ2) is 6.11. The lowest BCUT2D eigenvalue weighted by molar-refractivity contribution is 0.332. The number of hydrogen-bond acceptors (Lipinski definition) is 6. The summed E-state index contributed by atoms with van der Waals surface area (Å²) in [5.41, 5.74) is 3.50. The third kappa shape index (κ3) is 2.69. The highest BCUT2D eigenvalue weighted by Crippen LogP contribution is 2.44. The molecule has 1 aliphatic carbocycles. The molecule has 7 heteroatoms. The van der Waals surface area contributed by atoms with Crippen LogP contribution in [-0.4, -0.2) is 42.8 Å². The summed E-state index contributed by atoms with van der Waals surface area (Å²) >= 11 is 0. The van der Waals surface area contributed by atoms with Gasteiger partial charge in [-0.25, -0.2) is 15.0 Å². The minimum absolute atomic E-state index is 0.126. The third-order valence-corrected chi connectivity index (χ3v) is 5.96. The zero-order chi connectivity index (χ0) is 18.4. The van der Waals surface area contributed by atoms with Gasteiger partial charge < -0.3 is 9.47 Å². The standard InChI is InChI=1S/C20H23N7/c1-14-22-12-15-6-8-20(18(15)23-14)7-3-10-27(13-20)17-5-4-16(24-25-17)19-21-9-11-26(19)2/h4-5,9,11-12H,3,6-8,10,13H2,1-2H3. The summed E-state index contributed by atoms with van der Waals surface area (Å²) in [6.07, 6.45) is 10.3. The van der Waals surface area contributed by atoms with Crippen molar-refractivity contribution >= 4 is 5.82 Å². The Hall–Kier alpha value is -2.83. The van der Waals surface area contributed by atoms with Crippen molar-refractivity contribution in [3.63, 3.8) is 0 Å². The molecular weight excluding hydrogens is 338 g/mol. The quantitative estimate of drug-likeness (QED) is 0.698. The van der Waals surface area contributed by atoms with Crippen molar-refractivity contribution in [2.24, 2.45) is 7.05 Å². The van der Waals surface area contributed by atoms with E-state index in [1.807, 2.05) is 37.0 Å². The molecule has 0 radical (unpaired) electrons. The summed E-state index contributed by atoms with van der Waals surface area (Å²) < 4.78 is 1.96. The molecule has 5 rings (SSSR count). The fourth-order valence-electron chi connectivity index (χ4n) is 4.58. The molecule has 7 nitrogen and oxygen atoms in total. The Morgan fingerprint density at radius 2 is 2.04 bits per heavy atom. The maximum atomic E-state index is 4.83. The monoisotopic (exact) mass is 361 g/mol. The van der Waals surface area contributed by atoms with Gasteiger partial charge in [0.25, 0.3) is 0 Å². The number of anilines is 1. The van der Waals surface area contributed by atoms with Gasteiger partial charge in [0.2, 0.25) is 0 Å². The Balaban J connectivity index is 1.43. The molecule has 138 valence electrons. The lowest BCUT2D eigenvalue weighted by atomic mass is 9.77. The van der Waals surface area contributed by atoms with E-state index in [9.17, 15) is 0 Å². The zero-order valence-corrected chi connectivity index (χ0v) is 15.8. The van der Waals surface area contributed by atoms with Gasteiger partial charge in [0.15, 0.2) is 11.6 Å². The van der Waals surface area contributed by atoms with Crippen LogP contribution in [0.2, 0.25) is 0 Å². The highest BCUT2D eigenvalue weighted by Gasteiger charge is 2.44. The van der Waals surface area contributed by atoms with Gasteiger partial charge in [-0.15, -0.1) is 10.2 Å². The Labute approximate surface area is 158 Å². The van der Waals surface area contributed by atoms with Gasteiger partial charge in [0.1, 0.15) is 11.5 Å². The molecule has 3 aromatic rings.